The Balaban J connectivity index is 1.16. The number of rotatable bonds is 11. The van der Waals surface area contributed by atoms with Crippen LogP contribution in [0.3, 0.4) is 0 Å². The third kappa shape index (κ3) is 6.81. The molecule has 0 fully saturated rings. The molecule has 2 heterocycles. The van der Waals surface area contributed by atoms with Gasteiger partial charge in [0.2, 0.25) is 0 Å². The minimum Gasteiger partial charge on any atom is -0.338 e. The minimum atomic E-state index is 0.874. The van der Waals surface area contributed by atoms with Gasteiger partial charge in [0.15, 0.2) is 0 Å². The number of aliphatic imine (C=N–C) groups is 1. The number of aromatic nitrogens is 2. The van der Waals surface area contributed by atoms with Crippen LogP contribution in [-0.2, 0) is 6.42 Å². The van der Waals surface area contributed by atoms with Gasteiger partial charge in [0.05, 0.1) is 22.4 Å². The maximum atomic E-state index is 5.04. The smallest absolute Gasteiger partial charge is 0.138 e. The molecule has 5 aromatic rings. The van der Waals surface area contributed by atoms with Gasteiger partial charge in [0.1, 0.15) is 5.82 Å². The minimum absolute atomic E-state index is 0.874. The molecule has 1 N–H and O–H groups in total. The standard InChI is InChI=1S/C35H37N5S2/c1-39(2)17-19-41-29-12-7-24(8-13-29)32-23-28-6-5-26(21-33(28)36-32)27-11-16-31-34(22-27)38-35(37-31)25-9-14-30(15-10-25)42-20-18-40(3)4/h5-16,21-22H,17-20,23H2,1-4H3,(H,37,38). The molecule has 214 valence electrons. The monoisotopic (exact) mass is 591 g/mol. The summed E-state index contributed by atoms with van der Waals surface area (Å²) in [5.74, 6) is 3.08. The van der Waals surface area contributed by atoms with Crippen molar-refractivity contribution in [3.8, 4) is 22.5 Å². The summed E-state index contributed by atoms with van der Waals surface area (Å²) in [5.41, 5.74) is 10.2. The molecule has 7 heteroatoms. The Morgan fingerprint density at radius 3 is 1.88 bits per heavy atom. The van der Waals surface area contributed by atoms with Gasteiger partial charge in [-0.05, 0) is 92.9 Å². The van der Waals surface area contributed by atoms with E-state index >= 15 is 0 Å². The van der Waals surface area contributed by atoms with Crippen LogP contribution in [0.5, 0.6) is 0 Å². The Bertz CT molecular complexity index is 1700. The van der Waals surface area contributed by atoms with Crippen LogP contribution >= 0.6 is 23.5 Å². The van der Waals surface area contributed by atoms with Gasteiger partial charge in [-0.15, -0.1) is 23.5 Å². The van der Waals surface area contributed by atoms with E-state index in [1.54, 1.807) is 0 Å². The van der Waals surface area contributed by atoms with Crippen molar-refractivity contribution in [3.05, 3.63) is 96.1 Å². The topological polar surface area (TPSA) is 47.5 Å². The predicted octanol–water partition coefficient (Wildman–Crippen LogP) is 7.88. The van der Waals surface area contributed by atoms with Crippen LogP contribution in [0.4, 0.5) is 5.69 Å². The fourth-order valence-corrected chi connectivity index (χ4v) is 7.04. The van der Waals surface area contributed by atoms with Crippen molar-refractivity contribution >= 4 is 46.0 Å². The van der Waals surface area contributed by atoms with Crippen molar-refractivity contribution in [2.24, 2.45) is 4.99 Å². The molecule has 0 saturated carbocycles. The molecular weight excluding hydrogens is 555 g/mol. The van der Waals surface area contributed by atoms with Crippen LogP contribution in [-0.4, -0.2) is 78.3 Å². The van der Waals surface area contributed by atoms with Crippen molar-refractivity contribution in [2.45, 2.75) is 16.2 Å². The zero-order chi connectivity index (χ0) is 29.1. The van der Waals surface area contributed by atoms with Gasteiger partial charge < -0.3 is 14.8 Å². The van der Waals surface area contributed by atoms with Crippen LogP contribution in [0.2, 0.25) is 0 Å². The van der Waals surface area contributed by atoms with Crippen LogP contribution < -0.4 is 0 Å². The average molecular weight is 592 g/mol. The van der Waals surface area contributed by atoms with Gasteiger partial charge in [-0.3, -0.25) is 4.99 Å². The van der Waals surface area contributed by atoms with Crippen LogP contribution in [0.25, 0.3) is 33.5 Å². The first kappa shape index (κ1) is 28.7. The number of fused-ring (bicyclic) bond motifs is 2. The maximum Gasteiger partial charge on any atom is 0.138 e. The van der Waals surface area contributed by atoms with Gasteiger partial charge in [-0.1, -0.05) is 42.5 Å². The van der Waals surface area contributed by atoms with Crippen LogP contribution in [0.1, 0.15) is 11.1 Å². The summed E-state index contributed by atoms with van der Waals surface area (Å²) in [6.45, 7) is 2.15. The van der Waals surface area contributed by atoms with E-state index in [-0.39, 0.29) is 0 Å². The quantitative estimate of drug-likeness (QED) is 0.158. The van der Waals surface area contributed by atoms with Crippen molar-refractivity contribution in [1.29, 1.82) is 0 Å². The van der Waals surface area contributed by atoms with E-state index in [9.17, 15) is 0 Å². The molecule has 0 atom stereocenters. The SMILES string of the molecule is CN(C)CCSc1ccc(C2=Nc3cc(-c4ccc5nc(-c6ccc(SCCN(C)C)cc6)[nH]c5c4)ccc3C2)cc1. The average Bonchev–Trinajstić information content (AvgIpc) is 3.61. The van der Waals surface area contributed by atoms with E-state index in [0.717, 1.165) is 70.4 Å². The highest BCUT2D eigenvalue weighted by atomic mass is 32.2. The highest BCUT2D eigenvalue weighted by Crippen LogP contribution is 2.35. The first-order valence-corrected chi connectivity index (χ1v) is 16.3. The van der Waals surface area contributed by atoms with Crippen molar-refractivity contribution in [3.63, 3.8) is 0 Å². The number of hydrogen-bond donors (Lipinski definition) is 1. The molecule has 0 radical (unpaired) electrons. The van der Waals surface area contributed by atoms with E-state index in [1.807, 2.05) is 23.5 Å². The number of nitrogens with one attached hydrogen (secondary N) is 1. The molecule has 1 aliphatic heterocycles. The Morgan fingerprint density at radius 1 is 0.667 bits per heavy atom. The van der Waals surface area contributed by atoms with E-state index in [4.69, 9.17) is 9.98 Å². The second-order valence-electron chi connectivity index (χ2n) is 11.2. The molecule has 5 nitrogen and oxygen atoms in total. The zero-order valence-electron chi connectivity index (χ0n) is 24.7. The van der Waals surface area contributed by atoms with E-state index in [2.05, 4.69) is 128 Å². The number of nitrogens with zero attached hydrogens (tertiary/aromatic N) is 4. The van der Waals surface area contributed by atoms with Crippen molar-refractivity contribution in [2.75, 3.05) is 52.8 Å². The third-order valence-electron chi connectivity index (χ3n) is 7.44. The second-order valence-corrected chi connectivity index (χ2v) is 13.6. The number of aromatic amines is 1. The van der Waals surface area contributed by atoms with Crippen molar-refractivity contribution in [1.82, 2.24) is 19.8 Å². The molecule has 0 unspecified atom stereocenters. The fraction of sp³-hybridized carbons (Fsp3) is 0.257. The number of imidazole rings is 1. The summed E-state index contributed by atoms with van der Waals surface area (Å²) >= 11 is 3.79. The molecule has 0 amide bonds. The van der Waals surface area contributed by atoms with Crippen LogP contribution in [0.15, 0.2) is 99.7 Å². The summed E-state index contributed by atoms with van der Waals surface area (Å²) in [7, 11) is 8.45. The largest absolute Gasteiger partial charge is 0.338 e. The molecule has 4 aromatic carbocycles. The number of hydrogen-bond acceptors (Lipinski definition) is 6. The van der Waals surface area contributed by atoms with E-state index in [0.29, 0.717) is 0 Å². The van der Waals surface area contributed by atoms with E-state index in [1.165, 1.54) is 26.5 Å². The van der Waals surface area contributed by atoms with Gasteiger partial charge in [0, 0.05) is 46.4 Å². The first-order chi connectivity index (χ1) is 20.4. The Kier molecular flexibility index (Phi) is 8.81. The molecule has 1 aromatic heterocycles. The predicted molar refractivity (Wildman–Crippen MR) is 182 cm³/mol. The van der Waals surface area contributed by atoms with Gasteiger partial charge in [-0.2, -0.15) is 0 Å². The van der Waals surface area contributed by atoms with Gasteiger partial charge >= 0.3 is 0 Å². The number of H-pyrrole nitrogens is 1. The lowest BCUT2D eigenvalue weighted by molar-refractivity contribution is 0.437. The maximum absolute atomic E-state index is 5.04. The Labute approximate surface area is 257 Å². The van der Waals surface area contributed by atoms with E-state index < -0.39 is 0 Å². The number of thioether (sulfide) groups is 2. The molecule has 0 bridgehead atoms. The molecule has 1 aliphatic rings. The highest BCUT2D eigenvalue weighted by Gasteiger charge is 2.17. The highest BCUT2D eigenvalue weighted by molar-refractivity contribution is 7.99. The normalized spacial score (nSPS) is 12.9. The third-order valence-corrected chi connectivity index (χ3v) is 9.43. The lowest BCUT2D eigenvalue weighted by atomic mass is 10.00. The fourth-order valence-electron chi connectivity index (χ4n) is 5.00. The summed E-state index contributed by atoms with van der Waals surface area (Å²) in [6, 6.07) is 30.7. The summed E-state index contributed by atoms with van der Waals surface area (Å²) in [6.07, 6.45) is 0.874. The molecular formula is C35H37N5S2. The van der Waals surface area contributed by atoms with Crippen molar-refractivity contribution < 1.29 is 0 Å². The molecule has 42 heavy (non-hydrogen) atoms. The number of benzene rings is 4. The molecule has 0 saturated heterocycles. The lowest BCUT2D eigenvalue weighted by Crippen LogP contribution is -2.14. The van der Waals surface area contributed by atoms with Gasteiger partial charge in [-0.25, -0.2) is 4.98 Å². The summed E-state index contributed by atoms with van der Waals surface area (Å²) in [5, 5.41) is 0. The second kappa shape index (κ2) is 12.9. The first-order valence-electron chi connectivity index (χ1n) is 14.4. The lowest BCUT2D eigenvalue weighted by Gasteiger charge is -2.09. The van der Waals surface area contributed by atoms with Crippen LogP contribution in [0, 0.1) is 0 Å². The molecule has 6 rings (SSSR count). The molecule has 0 spiro atoms. The summed E-state index contributed by atoms with van der Waals surface area (Å²) < 4.78 is 0. The molecule has 0 aliphatic carbocycles. The Morgan fingerprint density at radius 2 is 1.24 bits per heavy atom. The zero-order valence-corrected chi connectivity index (χ0v) is 26.4. The summed E-state index contributed by atoms with van der Waals surface area (Å²) in [4.78, 5) is 20.5. The van der Waals surface area contributed by atoms with Gasteiger partial charge in [0.25, 0.3) is 0 Å². The Hall–Kier alpha value is -3.36.